The van der Waals surface area contributed by atoms with E-state index >= 15 is 0 Å². The van der Waals surface area contributed by atoms with Gasteiger partial charge in [0.25, 0.3) is 0 Å². The third-order valence-corrected chi connectivity index (χ3v) is 3.81. The Morgan fingerprint density at radius 1 is 1.24 bits per heavy atom. The van der Waals surface area contributed by atoms with Crippen LogP contribution in [0, 0.1) is 5.82 Å². The van der Waals surface area contributed by atoms with Crippen molar-refractivity contribution in [2.24, 2.45) is 0 Å². The number of piperazine rings is 1. The number of benzene rings is 1. The molecule has 5 nitrogen and oxygen atoms in total. The lowest BCUT2D eigenvalue weighted by Crippen LogP contribution is -2.48. The van der Waals surface area contributed by atoms with Crippen molar-refractivity contribution in [3.63, 3.8) is 0 Å². The summed E-state index contributed by atoms with van der Waals surface area (Å²) in [6.45, 7) is 4.62. The average Bonchev–Trinajstić information content (AvgIpc) is 2.53. The second-order valence-electron chi connectivity index (χ2n) is 5.08. The van der Waals surface area contributed by atoms with Gasteiger partial charge in [-0.2, -0.15) is 0 Å². The van der Waals surface area contributed by atoms with Gasteiger partial charge in [0.2, 0.25) is 5.91 Å². The molecule has 1 aliphatic rings. The first-order chi connectivity index (χ1) is 10.2. The number of aromatic nitrogens is 2. The van der Waals surface area contributed by atoms with Crippen LogP contribution in [-0.2, 0) is 4.79 Å². The van der Waals surface area contributed by atoms with Gasteiger partial charge in [-0.05, 0) is 18.2 Å². The van der Waals surface area contributed by atoms with Crippen molar-refractivity contribution < 1.29 is 9.18 Å². The Morgan fingerprint density at radius 2 is 2.00 bits per heavy atom. The van der Waals surface area contributed by atoms with E-state index in [1.807, 2.05) is 11.8 Å². The zero-order valence-electron chi connectivity index (χ0n) is 11.9. The van der Waals surface area contributed by atoms with Crippen molar-refractivity contribution in [1.29, 1.82) is 0 Å². The molecule has 1 aliphatic heterocycles. The standard InChI is InChI=1S/C15H17FN4O/c1-2-14(21)19-5-7-20(8-6-19)15-12-9-11(16)3-4-13(12)17-10-18-15/h3-4,9-10H,2,5-8H2,1H3. The maximum absolute atomic E-state index is 13.5. The number of carbonyl (C=O) groups is 1. The molecule has 1 aromatic carbocycles. The maximum Gasteiger partial charge on any atom is 0.222 e. The van der Waals surface area contributed by atoms with Gasteiger partial charge in [-0.1, -0.05) is 6.92 Å². The van der Waals surface area contributed by atoms with Crippen molar-refractivity contribution in [3.05, 3.63) is 30.3 Å². The van der Waals surface area contributed by atoms with Gasteiger partial charge in [-0.25, -0.2) is 14.4 Å². The number of halogens is 1. The lowest BCUT2D eigenvalue weighted by molar-refractivity contribution is -0.131. The predicted octanol–water partition coefficient (Wildman–Crippen LogP) is 1.83. The third kappa shape index (κ3) is 2.66. The maximum atomic E-state index is 13.5. The Balaban J connectivity index is 1.85. The summed E-state index contributed by atoms with van der Waals surface area (Å²) in [6, 6.07) is 4.53. The van der Waals surface area contributed by atoms with Crippen molar-refractivity contribution >= 4 is 22.6 Å². The Kier molecular flexibility index (Phi) is 3.68. The van der Waals surface area contributed by atoms with Gasteiger partial charge in [-0.3, -0.25) is 4.79 Å². The van der Waals surface area contributed by atoms with Crippen molar-refractivity contribution in [2.45, 2.75) is 13.3 Å². The van der Waals surface area contributed by atoms with E-state index in [9.17, 15) is 9.18 Å². The summed E-state index contributed by atoms with van der Waals surface area (Å²) in [4.78, 5) is 24.1. The van der Waals surface area contributed by atoms with E-state index in [1.165, 1.54) is 18.5 Å². The molecule has 110 valence electrons. The summed E-state index contributed by atoms with van der Waals surface area (Å²) >= 11 is 0. The van der Waals surface area contributed by atoms with E-state index in [1.54, 1.807) is 6.07 Å². The second kappa shape index (κ2) is 5.63. The van der Waals surface area contributed by atoms with E-state index in [0.29, 0.717) is 38.0 Å². The second-order valence-corrected chi connectivity index (χ2v) is 5.08. The summed E-state index contributed by atoms with van der Waals surface area (Å²) in [6.07, 6.45) is 2.03. The van der Waals surface area contributed by atoms with E-state index < -0.39 is 0 Å². The van der Waals surface area contributed by atoms with Crippen molar-refractivity contribution in [1.82, 2.24) is 14.9 Å². The largest absolute Gasteiger partial charge is 0.352 e. The number of hydrogen-bond acceptors (Lipinski definition) is 4. The predicted molar refractivity (Wildman–Crippen MR) is 78.6 cm³/mol. The Morgan fingerprint density at radius 3 is 2.71 bits per heavy atom. The lowest BCUT2D eigenvalue weighted by Gasteiger charge is -2.35. The van der Waals surface area contributed by atoms with E-state index in [-0.39, 0.29) is 11.7 Å². The molecular weight excluding hydrogens is 271 g/mol. The van der Waals surface area contributed by atoms with E-state index in [0.717, 1.165) is 11.3 Å². The molecule has 0 aliphatic carbocycles. The number of fused-ring (bicyclic) bond motifs is 1. The molecule has 0 N–H and O–H groups in total. The first kappa shape index (κ1) is 13.7. The summed E-state index contributed by atoms with van der Waals surface area (Å²) in [5.74, 6) is 0.620. The highest BCUT2D eigenvalue weighted by molar-refractivity contribution is 5.89. The smallest absolute Gasteiger partial charge is 0.222 e. The monoisotopic (exact) mass is 288 g/mol. The van der Waals surface area contributed by atoms with Crippen LogP contribution in [0.1, 0.15) is 13.3 Å². The van der Waals surface area contributed by atoms with Crippen LogP contribution >= 0.6 is 0 Å². The Bertz CT molecular complexity index is 668. The third-order valence-electron chi connectivity index (χ3n) is 3.81. The highest BCUT2D eigenvalue weighted by atomic mass is 19.1. The highest BCUT2D eigenvalue weighted by Crippen LogP contribution is 2.24. The van der Waals surface area contributed by atoms with Crippen LogP contribution in [0.15, 0.2) is 24.5 Å². The zero-order valence-corrected chi connectivity index (χ0v) is 11.9. The van der Waals surface area contributed by atoms with Gasteiger partial charge in [-0.15, -0.1) is 0 Å². The minimum Gasteiger partial charge on any atom is -0.352 e. The number of amides is 1. The SMILES string of the molecule is CCC(=O)N1CCN(c2ncnc3ccc(F)cc23)CC1. The molecule has 3 rings (SSSR count). The minimum atomic E-state index is -0.293. The van der Waals surface area contributed by atoms with Crippen LogP contribution in [0.4, 0.5) is 10.2 Å². The zero-order chi connectivity index (χ0) is 14.8. The fraction of sp³-hybridized carbons (Fsp3) is 0.400. The van der Waals surface area contributed by atoms with Gasteiger partial charge in [0, 0.05) is 38.0 Å². The molecule has 1 amide bonds. The topological polar surface area (TPSA) is 49.3 Å². The lowest BCUT2D eigenvalue weighted by atomic mass is 10.2. The molecular formula is C15H17FN4O. The number of carbonyl (C=O) groups excluding carboxylic acids is 1. The summed E-state index contributed by atoms with van der Waals surface area (Å²) in [7, 11) is 0. The van der Waals surface area contributed by atoms with Crippen LogP contribution in [0.5, 0.6) is 0 Å². The van der Waals surface area contributed by atoms with E-state index in [2.05, 4.69) is 14.9 Å². The molecule has 1 fully saturated rings. The quantitative estimate of drug-likeness (QED) is 0.846. The molecule has 1 saturated heterocycles. The van der Waals surface area contributed by atoms with Crippen LogP contribution < -0.4 is 4.90 Å². The van der Waals surface area contributed by atoms with Crippen LogP contribution in [0.3, 0.4) is 0 Å². The van der Waals surface area contributed by atoms with Gasteiger partial charge < -0.3 is 9.80 Å². The van der Waals surface area contributed by atoms with Gasteiger partial charge in [0.1, 0.15) is 18.0 Å². The molecule has 0 saturated carbocycles. The molecule has 0 bridgehead atoms. The normalized spacial score (nSPS) is 15.5. The molecule has 6 heteroatoms. The molecule has 0 atom stereocenters. The Labute approximate surface area is 122 Å². The van der Waals surface area contributed by atoms with Crippen LogP contribution in [-0.4, -0.2) is 47.0 Å². The fourth-order valence-corrected chi connectivity index (χ4v) is 2.66. The highest BCUT2D eigenvalue weighted by Gasteiger charge is 2.22. The van der Waals surface area contributed by atoms with E-state index in [4.69, 9.17) is 0 Å². The summed E-state index contributed by atoms with van der Waals surface area (Å²) in [5, 5.41) is 0.716. The van der Waals surface area contributed by atoms with Crippen molar-refractivity contribution in [2.75, 3.05) is 31.1 Å². The summed E-state index contributed by atoms with van der Waals surface area (Å²) < 4.78 is 13.5. The molecule has 0 spiro atoms. The molecule has 0 unspecified atom stereocenters. The van der Waals surface area contributed by atoms with Gasteiger partial charge >= 0.3 is 0 Å². The Hall–Kier alpha value is -2.24. The first-order valence-electron chi connectivity index (χ1n) is 7.12. The molecule has 0 radical (unpaired) electrons. The van der Waals surface area contributed by atoms with Crippen molar-refractivity contribution in [3.8, 4) is 0 Å². The molecule has 1 aromatic heterocycles. The number of anilines is 1. The minimum absolute atomic E-state index is 0.174. The molecule has 21 heavy (non-hydrogen) atoms. The average molecular weight is 288 g/mol. The molecule has 2 aromatic rings. The fourth-order valence-electron chi connectivity index (χ4n) is 2.66. The summed E-state index contributed by atoms with van der Waals surface area (Å²) in [5.41, 5.74) is 0.730. The van der Waals surface area contributed by atoms with Crippen LogP contribution in [0.2, 0.25) is 0 Å². The number of hydrogen-bond donors (Lipinski definition) is 0. The van der Waals surface area contributed by atoms with Gasteiger partial charge in [0.05, 0.1) is 5.52 Å². The first-order valence-corrected chi connectivity index (χ1v) is 7.12. The van der Waals surface area contributed by atoms with Crippen LogP contribution in [0.25, 0.3) is 10.9 Å². The molecule has 2 heterocycles. The van der Waals surface area contributed by atoms with Gasteiger partial charge in [0.15, 0.2) is 0 Å². The number of rotatable bonds is 2. The number of nitrogens with zero attached hydrogens (tertiary/aromatic N) is 4.